The van der Waals surface area contributed by atoms with Crippen LogP contribution >= 0.6 is 11.6 Å². The monoisotopic (exact) mass is 479 g/mol. The molecule has 2 aliphatic heterocycles. The number of hydrogen-bond acceptors (Lipinski definition) is 7. The lowest BCUT2D eigenvalue weighted by molar-refractivity contribution is -0.131. The van der Waals surface area contributed by atoms with Gasteiger partial charge in [-0.05, 0) is 37.3 Å². The predicted molar refractivity (Wildman–Crippen MR) is 129 cm³/mol. The van der Waals surface area contributed by atoms with Gasteiger partial charge in [-0.2, -0.15) is 0 Å². The van der Waals surface area contributed by atoms with Crippen molar-refractivity contribution in [2.75, 3.05) is 41.8 Å². The fraction of sp³-hybridized carbons (Fsp3) is 0.250. The molecular weight excluding hydrogens is 458 g/mol. The van der Waals surface area contributed by atoms with E-state index in [0.29, 0.717) is 41.3 Å². The molecule has 2 aromatic carbocycles. The van der Waals surface area contributed by atoms with Crippen molar-refractivity contribution in [1.29, 1.82) is 0 Å². The molecule has 0 unspecified atom stereocenters. The molecule has 1 aromatic heterocycles. The number of carbonyl (C=O) groups is 2. The van der Waals surface area contributed by atoms with E-state index in [1.54, 1.807) is 30.3 Å². The van der Waals surface area contributed by atoms with Gasteiger partial charge in [0.1, 0.15) is 16.7 Å². The molecule has 3 aromatic rings. The first-order chi connectivity index (χ1) is 16.5. The van der Waals surface area contributed by atoms with E-state index in [2.05, 4.69) is 20.5 Å². The molecule has 174 valence electrons. The summed E-state index contributed by atoms with van der Waals surface area (Å²) in [6.45, 7) is 4.70. The van der Waals surface area contributed by atoms with Crippen molar-refractivity contribution >= 4 is 40.8 Å². The largest absolute Gasteiger partial charge is 0.426 e. The minimum absolute atomic E-state index is 0.248. The number of nitrogens with one attached hydrogen (secondary N) is 2. The standard InChI is InChI=1S/C24H22ClN5O4/c1-14-21(25)28-22(29-23(14)30-8-10-33-11-9-30)15-2-5-17(6-3-15)26-24(32)27-18-7-4-16-12-20(31)34-19(16)13-18/h2-7,13H,8-12H2,1H3,(H2,26,27,32). The molecule has 9 nitrogen and oxygen atoms in total. The Morgan fingerprint density at radius 2 is 1.74 bits per heavy atom. The molecule has 0 bridgehead atoms. The van der Waals surface area contributed by atoms with Crippen molar-refractivity contribution in [3.63, 3.8) is 0 Å². The van der Waals surface area contributed by atoms with Gasteiger partial charge >= 0.3 is 12.0 Å². The molecule has 1 fully saturated rings. The summed E-state index contributed by atoms with van der Waals surface area (Å²) in [5.41, 5.74) is 3.55. The van der Waals surface area contributed by atoms with Gasteiger partial charge < -0.3 is 25.0 Å². The van der Waals surface area contributed by atoms with Gasteiger partial charge in [-0.3, -0.25) is 4.79 Å². The van der Waals surface area contributed by atoms with Gasteiger partial charge in [-0.25, -0.2) is 14.8 Å². The summed E-state index contributed by atoms with van der Waals surface area (Å²) in [7, 11) is 0. The Bertz CT molecular complexity index is 1260. The zero-order valence-corrected chi connectivity index (χ0v) is 19.2. The van der Waals surface area contributed by atoms with Crippen molar-refractivity contribution in [2.45, 2.75) is 13.3 Å². The Balaban J connectivity index is 1.27. The normalized spacial score (nSPS) is 15.0. The maximum atomic E-state index is 12.4. The van der Waals surface area contributed by atoms with E-state index in [0.717, 1.165) is 35.6 Å². The summed E-state index contributed by atoms with van der Waals surface area (Å²) in [6, 6.07) is 11.9. The van der Waals surface area contributed by atoms with Crippen LogP contribution in [0.3, 0.4) is 0 Å². The maximum Gasteiger partial charge on any atom is 0.323 e. The van der Waals surface area contributed by atoms with Gasteiger partial charge in [0.05, 0.1) is 19.6 Å². The molecule has 2 amide bonds. The third-order valence-electron chi connectivity index (χ3n) is 5.66. The minimum Gasteiger partial charge on any atom is -0.426 e. The Kier molecular flexibility index (Phi) is 6.04. The lowest BCUT2D eigenvalue weighted by atomic mass is 10.1. The van der Waals surface area contributed by atoms with Crippen LogP contribution in [0.5, 0.6) is 5.75 Å². The van der Waals surface area contributed by atoms with E-state index in [-0.39, 0.29) is 12.4 Å². The molecule has 10 heteroatoms. The van der Waals surface area contributed by atoms with Gasteiger partial charge in [0, 0.05) is 47.2 Å². The number of nitrogens with zero attached hydrogens (tertiary/aromatic N) is 3. The maximum absolute atomic E-state index is 12.4. The van der Waals surface area contributed by atoms with Gasteiger partial charge in [-0.15, -0.1) is 0 Å². The lowest BCUT2D eigenvalue weighted by Crippen LogP contribution is -2.37. The molecule has 0 saturated carbocycles. The summed E-state index contributed by atoms with van der Waals surface area (Å²) < 4.78 is 10.6. The smallest absolute Gasteiger partial charge is 0.323 e. The topological polar surface area (TPSA) is 106 Å². The van der Waals surface area contributed by atoms with Crippen LogP contribution < -0.4 is 20.3 Å². The fourth-order valence-electron chi connectivity index (χ4n) is 3.87. The molecule has 1 saturated heterocycles. The van der Waals surface area contributed by atoms with E-state index in [1.807, 2.05) is 19.1 Å². The second-order valence-corrected chi connectivity index (χ2v) is 8.37. The first-order valence-corrected chi connectivity index (χ1v) is 11.2. The number of benzene rings is 2. The highest BCUT2D eigenvalue weighted by molar-refractivity contribution is 6.30. The number of hydrogen-bond donors (Lipinski definition) is 2. The number of aromatic nitrogens is 2. The number of morpholine rings is 1. The second kappa shape index (κ2) is 9.28. The highest BCUT2D eigenvalue weighted by atomic mass is 35.5. The average Bonchev–Trinajstić information content (AvgIpc) is 3.21. The number of rotatable bonds is 4. The zero-order chi connectivity index (χ0) is 23.7. The Hall–Kier alpha value is -3.69. The highest BCUT2D eigenvalue weighted by Crippen LogP contribution is 2.30. The Morgan fingerprint density at radius 3 is 2.50 bits per heavy atom. The van der Waals surface area contributed by atoms with Crippen molar-refractivity contribution in [3.05, 3.63) is 58.7 Å². The van der Waals surface area contributed by atoms with E-state index in [1.165, 1.54) is 0 Å². The highest BCUT2D eigenvalue weighted by Gasteiger charge is 2.21. The molecule has 2 aliphatic rings. The van der Waals surface area contributed by atoms with Gasteiger partial charge in [0.15, 0.2) is 5.82 Å². The van der Waals surface area contributed by atoms with E-state index >= 15 is 0 Å². The molecular formula is C24H22ClN5O4. The van der Waals surface area contributed by atoms with Crippen LogP contribution in [0.15, 0.2) is 42.5 Å². The number of esters is 1. The first-order valence-electron chi connectivity index (χ1n) is 10.8. The number of halogens is 1. The predicted octanol–water partition coefficient (Wildman–Crippen LogP) is 4.05. The SMILES string of the molecule is Cc1c(Cl)nc(-c2ccc(NC(=O)Nc3ccc4c(c3)OC(=O)C4)cc2)nc1N1CCOCC1. The third kappa shape index (κ3) is 4.66. The van der Waals surface area contributed by atoms with Crippen LogP contribution in [-0.2, 0) is 16.0 Å². The number of carbonyl (C=O) groups excluding carboxylic acids is 2. The summed E-state index contributed by atoms with van der Waals surface area (Å²) in [6.07, 6.45) is 0.248. The van der Waals surface area contributed by atoms with E-state index in [9.17, 15) is 9.59 Å². The van der Waals surface area contributed by atoms with Crippen molar-refractivity contribution in [2.24, 2.45) is 0 Å². The minimum atomic E-state index is -0.416. The van der Waals surface area contributed by atoms with E-state index < -0.39 is 6.03 Å². The Morgan fingerprint density at radius 1 is 1.03 bits per heavy atom. The Labute approximate surface area is 201 Å². The number of amides is 2. The average molecular weight is 480 g/mol. The summed E-state index contributed by atoms with van der Waals surface area (Å²) in [4.78, 5) is 35.1. The summed E-state index contributed by atoms with van der Waals surface area (Å²) >= 11 is 6.41. The number of urea groups is 1. The number of fused-ring (bicyclic) bond motifs is 1. The van der Waals surface area contributed by atoms with Crippen LogP contribution in [0, 0.1) is 6.92 Å². The molecule has 0 atom stereocenters. The van der Waals surface area contributed by atoms with Gasteiger partial charge in [-0.1, -0.05) is 17.7 Å². The number of ether oxygens (including phenoxy) is 2. The molecule has 0 radical (unpaired) electrons. The lowest BCUT2D eigenvalue weighted by Gasteiger charge is -2.29. The molecule has 5 rings (SSSR count). The van der Waals surface area contributed by atoms with Crippen LogP contribution in [0.2, 0.25) is 5.15 Å². The summed E-state index contributed by atoms with van der Waals surface area (Å²) in [5.74, 6) is 1.49. The number of anilines is 3. The van der Waals surface area contributed by atoms with Gasteiger partial charge in [0.2, 0.25) is 0 Å². The van der Waals surface area contributed by atoms with Crippen molar-refractivity contribution < 1.29 is 19.1 Å². The molecule has 0 aliphatic carbocycles. The fourth-order valence-corrected chi connectivity index (χ4v) is 4.04. The summed E-state index contributed by atoms with van der Waals surface area (Å²) in [5, 5.41) is 5.93. The quantitative estimate of drug-likeness (QED) is 0.330. The molecule has 3 heterocycles. The van der Waals surface area contributed by atoms with Crippen LogP contribution in [0.25, 0.3) is 11.4 Å². The van der Waals surface area contributed by atoms with Gasteiger partial charge in [0.25, 0.3) is 0 Å². The van der Waals surface area contributed by atoms with Crippen molar-refractivity contribution in [1.82, 2.24) is 9.97 Å². The molecule has 0 spiro atoms. The van der Waals surface area contributed by atoms with Crippen LogP contribution in [-0.4, -0.2) is 48.3 Å². The zero-order valence-electron chi connectivity index (χ0n) is 18.4. The third-order valence-corrected chi connectivity index (χ3v) is 6.02. The molecule has 34 heavy (non-hydrogen) atoms. The first kappa shape index (κ1) is 22.1. The molecule has 2 N–H and O–H groups in total. The van der Waals surface area contributed by atoms with Crippen molar-refractivity contribution in [3.8, 4) is 17.1 Å². The van der Waals surface area contributed by atoms with E-state index in [4.69, 9.17) is 26.1 Å². The van der Waals surface area contributed by atoms with Crippen LogP contribution in [0.1, 0.15) is 11.1 Å². The second-order valence-electron chi connectivity index (χ2n) is 8.02. The van der Waals surface area contributed by atoms with Crippen LogP contribution in [0.4, 0.5) is 22.0 Å².